The average molecular weight is 274 g/mol. The number of hydrogen-bond acceptors (Lipinski definition) is 8. The van der Waals surface area contributed by atoms with Gasteiger partial charge in [-0.15, -0.1) is 10.2 Å². The van der Waals surface area contributed by atoms with Crippen LogP contribution in [0.2, 0.25) is 0 Å². The topological polar surface area (TPSA) is 156 Å². The second-order valence-corrected chi connectivity index (χ2v) is 6.48. The van der Waals surface area contributed by atoms with Crippen LogP contribution < -0.4 is 0 Å². The van der Waals surface area contributed by atoms with Crippen LogP contribution in [0.4, 0.5) is 5.13 Å². The van der Waals surface area contributed by atoms with Gasteiger partial charge in [-0.05, 0) is 0 Å². The summed E-state index contributed by atoms with van der Waals surface area (Å²) in [5.74, 6) is 0. The predicted octanol–water partition coefficient (Wildman–Crippen LogP) is -0.557. The van der Waals surface area contributed by atoms with Crippen molar-refractivity contribution >= 4 is 37.2 Å². The Labute approximate surface area is 87.5 Å². The minimum absolute atomic E-state index is 0.199. The lowest BCUT2D eigenvalue weighted by molar-refractivity contribution is 0.349. The van der Waals surface area contributed by atoms with Crippen molar-refractivity contribution in [2.24, 2.45) is 4.99 Å². The fraction of sp³-hybridized carbons (Fsp3) is 0. The van der Waals surface area contributed by atoms with Crippen molar-refractivity contribution in [1.82, 2.24) is 10.2 Å². The van der Waals surface area contributed by atoms with E-state index >= 15 is 0 Å². The smallest absolute Gasteiger partial charge is 0.317 e. The second kappa shape index (κ2) is 4.28. The Morgan fingerprint density at radius 3 is 2.40 bits per heavy atom. The van der Waals surface area contributed by atoms with Crippen LogP contribution >= 0.6 is 26.9 Å². The van der Waals surface area contributed by atoms with Gasteiger partial charge in [0.25, 0.3) is 0 Å². The lowest BCUT2D eigenvalue weighted by atomic mass is 11.2. The molecule has 0 spiro atoms. The Morgan fingerprint density at radius 1 is 1.47 bits per heavy atom. The SMILES string of the molecule is O=P(O)(O)C(=Nc1nncs1)[P+](O)(O)O. The first kappa shape index (κ1) is 12.8. The molecule has 0 unspecified atom stereocenters. The first-order valence-electron chi connectivity index (χ1n) is 3.20. The third kappa shape index (κ3) is 3.63. The summed E-state index contributed by atoms with van der Waals surface area (Å²) in [5.41, 5.74) is 1.22. The molecule has 0 bridgehead atoms. The van der Waals surface area contributed by atoms with E-state index in [1.165, 1.54) is 5.51 Å². The maximum atomic E-state index is 10.8. The predicted molar refractivity (Wildman–Crippen MR) is 52.6 cm³/mol. The summed E-state index contributed by atoms with van der Waals surface area (Å²) < 4.78 is 10.8. The van der Waals surface area contributed by atoms with Gasteiger partial charge in [-0.1, -0.05) is 11.3 Å². The zero-order valence-electron chi connectivity index (χ0n) is 6.87. The molecule has 0 aromatic carbocycles. The normalized spacial score (nSPS) is 14.3. The summed E-state index contributed by atoms with van der Waals surface area (Å²) in [6.45, 7) is 0. The van der Waals surface area contributed by atoms with Crippen molar-refractivity contribution in [2.75, 3.05) is 0 Å². The van der Waals surface area contributed by atoms with Crippen molar-refractivity contribution in [2.45, 2.75) is 0 Å². The molecule has 0 aliphatic rings. The highest BCUT2D eigenvalue weighted by atomic mass is 32.1. The highest BCUT2D eigenvalue weighted by Gasteiger charge is 2.52. The highest BCUT2D eigenvalue weighted by molar-refractivity contribution is 8.00. The van der Waals surface area contributed by atoms with Crippen molar-refractivity contribution in [3.8, 4) is 0 Å². The third-order valence-electron chi connectivity index (χ3n) is 1.07. The fourth-order valence-electron chi connectivity index (χ4n) is 0.608. The Balaban J connectivity index is 3.20. The van der Waals surface area contributed by atoms with E-state index in [1.54, 1.807) is 0 Å². The van der Waals surface area contributed by atoms with E-state index in [0.29, 0.717) is 0 Å². The first-order chi connectivity index (χ1) is 6.71. The van der Waals surface area contributed by atoms with Gasteiger partial charge in [-0.25, -0.2) is 4.57 Å². The lowest BCUT2D eigenvalue weighted by Gasteiger charge is -2.06. The number of hydrogen-bond donors (Lipinski definition) is 5. The molecule has 12 heteroatoms. The summed E-state index contributed by atoms with van der Waals surface area (Å²) >= 11 is 0.815. The van der Waals surface area contributed by atoms with Crippen LogP contribution in [0.15, 0.2) is 10.5 Å². The van der Waals surface area contributed by atoms with Gasteiger partial charge < -0.3 is 9.79 Å². The standard InChI is InChI=1S/C3H5N3O6P2S/c7-13(8,9)3(14(10,11)12)5-2-6-4-1-15-2/h1,7-9H,(H-,10,11,12)/p+1. The van der Waals surface area contributed by atoms with Crippen molar-refractivity contribution in [1.29, 1.82) is 0 Å². The van der Waals surface area contributed by atoms with Crippen molar-refractivity contribution < 1.29 is 29.0 Å². The Hall–Kier alpha value is -0.310. The van der Waals surface area contributed by atoms with Gasteiger partial charge >= 0.3 is 20.7 Å². The van der Waals surface area contributed by atoms with Crippen LogP contribution in [0.5, 0.6) is 0 Å². The summed E-state index contributed by atoms with van der Waals surface area (Å²) in [6, 6.07) is 0. The molecule has 1 aromatic heterocycles. The Bertz CT molecular complexity index is 406. The molecule has 1 aromatic rings. The Morgan fingerprint density at radius 2 is 2.07 bits per heavy atom. The molecule has 1 heterocycles. The molecule has 15 heavy (non-hydrogen) atoms. The van der Waals surface area contributed by atoms with E-state index in [1.807, 2.05) is 0 Å². The van der Waals surface area contributed by atoms with Crippen LogP contribution in [0, 0.1) is 0 Å². The number of nitrogens with zero attached hydrogens (tertiary/aromatic N) is 3. The zero-order valence-corrected chi connectivity index (χ0v) is 9.47. The average Bonchev–Trinajstić information content (AvgIpc) is 2.46. The molecule has 0 radical (unpaired) electrons. The molecule has 1 rings (SSSR count). The summed E-state index contributed by atoms with van der Waals surface area (Å²) in [5, 5.41) is 5.02. The molecule has 0 saturated heterocycles. The first-order valence-corrected chi connectivity index (χ1v) is 7.34. The molecular weight excluding hydrogens is 268 g/mol. The highest BCUT2D eigenvalue weighted by Crippen LogP contribution is 2.61. The van der Waals surface area contributed by atoms with Crippen LogP contribution in [-0.2, 0) is 4.57 Å². The van der Waals surface area contributed by atoms with Crippen LogP contribution in [0.3, 0.4) is 0 Å². The van der Waals surface area contributed by atoms with Gasteiger partial charge in [-0.3, -0.25) is 0 Å². The molecule has 9 nitrogen and oxygen atoms in total. The van der Waals surface area contributed by atoms with Gasteiger partial charge in [0.2, 0.25) is 5.13 Å². The molecule has 5 N–H and O–H groups in total. The van der Waals surface area contributed by atoms with Crippen LogP contribution in [0.25, 0.3) is 0 Å². The minimum Gasteiger partial charge on any atom is -0.317 e. The maximum absolute atomic E-state index is 10.8. The van der Waals surface area contributed by atoms with Crippen LogP contribution in [0.1, 0.15) is 0 Å². The molecular formula is C3H6N3O6P2S+. The van der Waals surface area contributed by atoms with Crippen molar-refractivity contribution in [3.05, 3.63) is 5.51 Å². The Kier molecular flexibility index (Phi) is 3.64. The summed E-state index contributed by atoms with van der Waals surface area (Å²) in [4.78, 5) is 46.9. The van der Waals surface area contributed by atoms with Gasteiger partial charge in [0.05, 0.1) is 0 Å². The van der Waals surface area contributed by atoms with Crippen LogP contribution in [-0.4, -0.2) is 39.9 Å². The number of rotatable bonds is 3. The fourth-order valence-corrected chi connectivity index (χ4v) is 3.02. The number of aliphatic imine (C=N–C) groups is 1. The molecule has 0 aliphatic carbocycles. The van der Waals surface area contributed by atoms with E-state index in [9.17, 15) is 4.57 Å². The minimum atomic E-state index is -5.05. The second-order valence-electron chi connectivity index (χ2n) is 2.25. The van der Waals surface area contributed by atoms with E-state index in [4.69, 9.17) is 24.5 Å². The number of aromatic nitrogens is 2. The summed E-state index contributed by atoms with van der Waals surface area (Å²) in [6.07, 6.45) is 0. The molecule has 0 saturated carbocycles. The van der Waals surface area contributed by atoms with Gasteiger partial charge in [-0.2, -0.15) is 19.7 Å². The van der Waals surface area contributed by atoms with Gasteiger partial charge in [0.15, 0.2) is 0 Å². The molecule has 0 amide bonds. The molecule has 0 fully saturated rings. The zero-order chi connectivity index (χ0) is 11.7. The summed E-state index contributed by atoms with van der Waals surface area (Å²) in [7, 11) is -9.91. The quantitative estimate of drug-likeness (QED) is 0.362. The van der Waals surface area contributed by atoms with E-state index in [0.717, 1.165) is 11.3 Å². The van der Waals surface area contributed by atoms with E-state index < -0.39 is 20.7 Å². The molecule has 0 atom stereocenters. The van der Waals surface area contributed by atoms with Crippen molar-refractivity contribution in [3.63, 3.8) is 0 Å². The monoisotopic (exact) mass is 274 g/mol. The molecule has 84 valence electrons. The lowest BCUT2D eigenvalue weighted by Crippen LogP contribution is -2.05. The third-order valence-corrected chi connectivity index (χ3v) is 4.50. The van der Waals surface area contributed by atoms with E-state index in [2.05, 4.69) is 15.2 Å². The molecule has 0 aliphatic heterocycles. The largest absolute Gasteiger partial charge is 0.469 e. The van der Waals surface area contributed by atoms with Gasteiger partial charge in [0, 0.05) is 0 Å². The van der Waals surface area contributed by atoms with E-state index in [-0.39, 0.29) is 5.13 Å². The van der Waals surface area contributed by atoms with Gasteiger partial charge in [0.1, 0.15) is 5.51 Å². The maximum Gasteiger partial charge on any atom is 0.469 e.